The third-order valence-corrected chi connectivity index (χ3v) is 8.25. The number of carbonyl (C=O) groups excluding carboxylic acids is 2. The highest BCUT2D eigenvalue weighted by Crippen LogP contribution is 2.26. The van der Waals surface area contributed by atoms with Crippen LogP contribution in [0, 0.1) is 6.92 Å². The molecule has 0 aliphatic rings. The maximum atomic E-state index is 13.9. The van der Waals surface area contributed by atoms with Gasteiger partial charge in [-0.3, -0.25) is 13.9 Å². The van der Waals surface area contributed by atoms with Crippen molar-refractivity contribution < 1.29 is 18.0 Å². The van der Waals surface area contributed by atoms with Crippen molar-refractivity contribution in [3.05, 3.63) is 94.5 Å². The Hall–Kier alpha value is -3.17. The second-order valence-corrected chi connectivity index (χ2v) is 11.4. The Labute approximate surface area is 227 Å². The topological polar surface area (TPSA) is 86.8 Å². The van der Waals surface area contributed by atoms with Gasteiger partial charge in [0, 0.05) is 17.6 Å². The summed E-state index contributed by atoms with van der Waals surface area (Å²) in [6, 6.07) is 21.8. The van der Waals surface area contributed by atoms with E-state index in [4.69, 9.17) is 0 Å². The Morgan fingerprint density at radius 2 is 1.54 bits per heavy atom. The minimum absolute atomic E-state index is 0.0826. The summed E-state index contributed by atoms with van der Waals surface area (Å²) in [5.74, 6) is -0.744. The molecule has 1 unspecified atom stereocenters. The summed E-state index contributed by atoms with van der Waals surface area (Å²) in [6.07, 6.45) is 0.382. The number of sulfonamides is 1. The maximum Gasteiger partial charge on any atom is 0.264 e. The quantitative estimate of drug-likeness (QED) is 0.347. The van der Waals surface area contributed by atoms with Gasteiger partial charge in [0.25, 0.3) is 10.0 Å². The molecule has 0 radical (unpaired) electrons. The number of anilines is 1. The van der Waals surface area contributed by atoms with Crippen molar-refractivity contribution in [1.82, 2.24) is 10.2 Å². The van der Waals surface area contributed by atoms with E-state index in [0.29, 0.717) is 18.7 Å². The van der Waals surface area contributed by atoms with Crippen LogP contribution in [-0.2, 0) is 26.2 Å². The molecule has 0 saturated heterocycles. The summed E-state index contributed by atoms with van der Waals surface area (Å²) in [5.41, 5.74) is 2.12. The van der Waals surface area contributed by atoms with E-state index in [2.05, 4.69) is 21.2 Å². The van der Waals surface area contributed by atoms with E-state index in [9.17, 15) is 18.0 Å². The van der Waals surface area contributed by atoms with Crippen LogP contribution >= 0.6 is 15.9 Å². The summed E-state index contributed by atoms with van der Waals surface area (Å²) >= 11 is 3.38. The Bertz CT molecular complexity index is 1300. The molecule has 7 nitrogen and oxygen atoms in total. The van der Waals surface area contributed by atoms with E-state index in [0.717, 1.165) is 19.9 Å². The van der Waals surface area contributed by atoms with Crippen molar-refractivity contribution in [2.45, 2.75) is 44.7 Å². The molecule has 2 amide bonds. The van der Waals surface area contributed by atoms with Crippen LogP contribution < -0.4 is 9.62 Å². The third-order valence-electron chi connectivity index (χ3n) is 5.94. The minimum Gasteiger partial charge on any atom is -0.355 e. The number of nitrogens with zero attached hydrogens (tertiary/aromatic N) is 2. The zero-order chi connectivity index (χ0) is 27.0. The molecule has 0 heterocycles. The van der Waals surface area contributed by atoms with Crippen LogP contribution in [0.3, 0.4) is 0 Å². The number of benzene rings is 3. The summed E-state index contributed by atoms with van der Waals surface area (Å²) in [4.78, 5) is 28.3. The predicted molar refractivity (Wildman–Crippen MR) is 150 cm³/mol. The first-order valence-corrected chi connectivity index (χ1v) is 14.4. The summed E-state index contributed by atoms with van der Waals surface area (Å²) in [6.45, 7) is 5.67. The molecule has 0 spiro atoms. The van der Waals surface area contributed by atoms with Gasteiger partial charge in [-0.1, -0.05) is 70.9 Å². The van der Waals surface area contributed by atoms with Crippen molar-refractivity contribution in [3.63, 3.8) is 0 Å². The number of amides is 2. The Morgan fingerprint density at radius 3 is 2.11 bits per heavy atom. The number of nitrogens with one attached hydrogen (secondary N) is 1. The first-order chi connectivity index (χ1) is 17.7. The van der Waals surface area contributed by atoms with Gasteiger partial charge >= 0.3 is 0 Å². The van der Waals surface area contributed by atoms with Gasteiger partial charge in [0.05, 0.1) is 10.6 Å². The van der Waals surface area contributed by atoms with Crippen LogP contribution in [-0.4, -0.2) is 44.3 Å². The fourth-order valence-electron chi connectivity index (χ4n) is 3.97. The van der Waals surface area contributed by atoms with Gasteiger partial charge < -0.3 is 10.2 Å². The van der Waals surface area contributed by atoms with E-state index in [1.165, 1.54) is 17.0 Å². The predicted octanol–water partition coefficient (Wildman–Crippen LogP) is 4.90. The molecule has 0 aliphatic carbocycles. The van der Waals surface area contributed by atoms with Crippen LogP contribution in [0.25, 0.3) is 0 Å². The third kappa shape index (κ3) is 7.20. The van der Waals surface area contributed by atoms with Crippen molar-refractivity contribution in [1.29, 1.82) is 0 Å². The van der Waals surface area contributed by atoms with Gasteiger partial charge in [0.2, 0.25) is 11.8 Å². The molecule has 1 N–H and O–H groups in total. The smallest absolute Gasteiger partial charge is 0.264 e. The van der Waals surface area contributed by atoms with Gasteiger partial charge in [0.1, 0.15) is 12.6 Å². The minimum atomic E-state index is -4.08. The van der Waals surface area contributed by atoms with E-state index in [1.807, 2.05) is 51.1 Å². The molecule has 1 atom stereocenters. The Kier molecular flexibility index (Phi) is 9.88. The molecule has 37 heavy (non-hydrogen) atoms. The Balaban J connectivity index is 2.04. The van der Waals surface area contributed by atoms with Gasteiger partial charge in [-0.25, -0.2) is 8.42 Å². The fraction of sp³-hybridized carbons (Fsp3) is 0.286. The number of aryl methyl sites for hydroxylation is 1. The Morgan fingerprint density at radius 1 is 0.919 bits per heavy atom. The highest BCUT2D eigenvalue weighted by molar-refractivity contribution is 9.10. The van der Waals surface area contributed by atoms with Crippen LogP contribution in [0.2, 0.25) is 0 Å². The lowest BCUT2D eigenvalue weighted by molar-refractivity contribution is -0.140. The van der Waals surface area contributed by atoms with Crippen LogP contribution in [0.5, 0.6) is 0 Å². The molecule has 0 aromatic heterocycles. The maximum absolute atomic E-state index is 13.9. The van der Waals surface area contributed by atoms with E-state index < -0.39 is 28.5 Å². The molecular weight excluding hydrogens is 554 g/mol. The second kappa shape index (κ2) is 12.9. The number of likely N-dealkylation sites (N-methyl/N-ethyl adjacent to an activating group) is 1. The lowest BCUT2D eigenvalue weighted by Gasteiger charge is -2.33. The molecule has 3 rings (SSSR count). The molecule has 0 saturated carbocycles. The number of carbonyl (C=O) groups is 2. The largest absolute Gasteiger partial charge is 0.355 e. The number of hydrogen-bond donors (Lipinski definition) is 1. The van der Waals surface area contributed by atoms with E-state index >= 15 is 0 Å². The zero-order valence-corrected chi connectivity index (χ0v) is 23.6. The average Bonchev–Trinajstić information content (AvgIpc) is 2.88. The van der Waals surface area contributed by atoms with Crippen LogP contribution in [0.15, 0.2) is 88.2 Å². The summed E-state index contributed by atoms with van der Waals surface area (Å²) in [7, 11) is -4.08. The van der Waals surface area contributed by atoms with Crippen molar-refractivity contribution >= 4 is 43.5 Å². The number of hydrogen-bond acceptors (Lipinski definition) is 4. The molecule has 0 fully saturated rings. The zero-order valence-electron chi connectivity index (χ0n) is 21.2. The summed E-state index contributed by atoms with van der Waals surface area (Å²) in [5, 5.41) is 2.80. The SMILES string of the molecule is CCNC(=O)C(CC)N(Cc1ccccc1)C(=O)CN(c1ccc(Br)cc1)S(=O)(=O)c1ccc(C)cc1. The van der Waals surface area contributed by atoms with Gasteiger partial charge in [-0.05, 0) is 62.2 Å². The number of halogens is 1. The lowest BCUT2D eigenvalue weighted by atomic mass is 10.1. The van der Waals surface area contributed by atoms with Crippen molar-refractivity contribution in [2.75, 3.05) is 17.4 Å². The first-order valence-electron chi connectivity index (χ1n) is 12.1. The van der Waals surface area contributed by atoms with Gasteiger partial charge in [0.15, 0.2) is 0 Å². The molecule has 3 aromatic rings. The van der Waals surface area contributed by atoms with Crippen LogP contribution in [0.4, 0.5) is 5.69 Å². The average molecular weight is 587 g/mol. The molecule has 9 heteroatoms. The van der Waals surface area contributed by atoms with E-state index in [-0.39, 0.29) is 17.3 Å². The van der Waals surface area contributed by atoms with Crippen molar-refractivity contribution in [2.24, 2.45) is 0 Å². The number of rotatable bonds is 11. The highest BCUT2D eigenvalue weighted by atomic mass is 79.9. The second-order valence-electron chi connectivity index (χ2n) is 8.63. The molecule has 3 aromatic carbocycles. The van der Waals surface area contributed by atoms with Gasteiger partial charge in [-0.15, -0.1) is 0 Å². The highest BCUT2D eigenvalue weighted by Gasteiger charge is 2.33. The fourth-order valence-corrected chi connectivity index (χ4v) is 5.64. The van der Waals surface area contributed by atoms with Gasteiger partial charge in [-0.2, -0.15) is 0 Å². The molecule has 0 aliphatic heterocycles. The lowest BCUT2D eigenvalue weighted by Crippen LogP contribution is -2.52. The molecule has 0 bridgehead atoms. The van der Waals surface area contributed by atoms with Crippen molar-refractivity contribution in [3.8, 4) is 0 Å². The molecular formula is C28H32BrN3O4S. The first kappa shape index (κ1) is 28.4. The monoisotopic (exact) mass is 585 g/mol. The standard InChI is InChI=1S/C28H32BrN3O4S/c1-4-26(28(34)30-5-2)31(19-22-9-7-6-8-10-22)27(33)20-32(24-15-13-23(29)14-16-24)37(35,36)25-17-11-21(3)12-18-25/h6-18,26H,4-5,19-20H2,1-3H3,(H,30,34). The summed E-state index contributed by atoms with van der Waals surface area (Å²) < 4.78 is 29.5. The molecule has 196 valence electrons. The normalized spacial score (nSPS) is 12.0. The van der Waals surface area contributed by atoms with E-state index in [1.54, 1.807) is 36.4 Å². The van der Waals surface area contributed by atoms with Crippen LogP contribution in [0.1, 0.15) is 31.4 Å².